The lowest BCUT2D eigenvalue weighted by molar-refractivity contribution is 0.241. The number of carbonyl (C=O) groups excluding carboxylic acids is 1. The van der Waals surface area contributed by atoms with Gasteiger partial charge in [0.15, 0.2) is 0 Å². The summed E-state index contributed by atoms with van der Waals surface area (Å²) < 4.78 is 19.0. The minimum absolute atomic E-state index is 0.166. The maximum Gasteiger partial charge on any atom is 0.314 e. The second kappa shape index (κ2) is 9.48. The molecule has 0 spiro atoms. The zero-order valence-corrected chi connectivity index (χ0v) is 15.4. The van der Waals surface area contributed by atoms with E-state index in [1.807, 2.05) is 18.2 Å². The van der Waals surface area contributed by atoms with Gasteiger partial charge in [0.25, 0.3) is 0 Å². The van der Waals surface area contributed by atoms with Crippen molar-refractivity contribution < 1.29 is 13.9 Å². The van der Waals surface area contributed by atoms with E-state index in [-0.39, 0.29) is 11.8 Å². The number of fused-ring (bicyclic) bond motifs is 1. The first-order valence-electron chi connectivity index (χ1n) is 8.80. The Bertz CT molecular complexity index is 754. The van der Waals surface area contributed by atoms with Crippen LogP contribution in [0.4, 0.5) is 9.18 Å². The topological polar surface area (TPSA) is 50.4 Å². The molecule has 2 aromatic rings. The first-order valence-corrected chi connectivity index (χ1v) is 9.95. The molecule has 1 aliphatic rings. The number of thioether (sulfide) groups is 1. The van der Waals surface area contributed by atoms with Crippen molar-refractivity contribution in [2.45, 2.75) is 18.6 Å². The van der Waals surface area contributed by atoms with E-state index in [0.29, 0.717) is 24.4 Å². The third-order valence-electron chi connectivity index (χ3n) is 4.20. The average molecular weight is 374 g/mol. The Balaban J connectivity index is 1.27. The summed E-state index contributed by atoms with van der Waals surface area (Å²) in [4.78, 5) is 11.8. The molecule has 26 heavy (non-hydrogen) atoms. The molecule has 138 valence electrons. The molecule has 2 aromatic carbocycles. The van der Waals surface area contributed by atoms with Crippen LogP contribution in [0.3, 0.4) is 0 Å². The standard InChI is InChI=1S/C20H23FN2O2S/c21-18-4-2-1-3-17(18)14-26-12-10-23-20(24)22-9-7-15-5-6-19-16(13-15)8-11-25-19/h1-6,13H,7-12,14H2,(H2,22,23,24). The molecule has 0 fully saturated rings. The van der Waals surface area contributed by atoms with Crippen LogP contribution in [0.25, 0.3) is 0 Å². The van der Waals surface area contributed by atoms with Crippen molar-refractivity contribution in [1.82, 2.24) is 10.6 Å². The van der Waals surface area contributed by atoms with Crippen LogP contribution >= 0.6 is 11.8 Å². The van der Waals surface area contributed by atoms with Crippen LogP contribution in [0.2, 0.25) is 0 Å². The van der Waals surface area contributed by atoms with Gasteiger partial charge in [-0.1, -0.05) is 30.3 Å². The Kier molecular flexibility index (Phi) is 6.77. The van der Waals surface area contributed by atoms with E-state index >= 15 is 0 Å². The van der Waals surface area contributed by atoms with E-state index in [1.165, 1.54) is 17.2 Å². The van der Waals surface area contributed by atoms with Gasteiger partial charge in [-0.3, -0.25) is 0 Å². The van der Waals surface area contributed by atoms with Crippen molar-refractivity contribution in [3.8, 4) is 5.75 Å². The summed E-state index contributed by atoms with van der Waals surface area (Å²) in [6, 6.07) is 12.8. The molecule has 0 atom stereocenters. The monoisotopic (exact) mass is 374 g/mol. The summed E-state index contributed by atoms with van der Waals surface area (Å²) in [6.45, 7) is 1.91. The van der Waals surface area contributed by atoms with Crippen molar-refractivity contribution >= 4 is 17.8 Å². The normalized spacial score (nSPS) is 12.3. The number of rotatable bonds is 8. The fourth-order valence-electron chi connectivity index (χ4n) is 2.81. The lowest BCUT2D eigenvalue weighted by Crippen LogP contribution is -2.37. The van der Waals surface area contributed by atoms with Gasteiger partial charge in [0, 0.05) is 31.0 Å². The summed E-state index contributed by atoms with van der Waals surface area (Å²) in [5.74, 6) is 2.15. The summed E-state index contributed by atoms with van der Waals surface area (Å²) in [5.41, 5.74) is 3.15. The van der Waals surface area contributed by atoms with E-state index in [0.717, 1.165) is 31.0 Å². The summed E-state index contributed by atoms with van der Waals surface area (Å²) >= 11 is 1.60. The maximum atomic E-state index is 13.5. The number of amides is 2. The van der Waals surface area contributed by atoms with Crippen molar-refractivity contribution in [2.75, 3.05) is 25.4 Å². The fraction of sp³-hybridized carbons (Fsp3) is 0.350. The number of benzene rings is 2. The third kappa shape index (κ3) is 5.39. The van der Waals surface area contributed by atoms with E-state index in [2.05, 4.69) is 16.7 Å². The molecule has 0 saturated carbocycles. The second-order valence-corrected chi connectivity index (χ2v) is 7.22. The van der Waals surface area contributed by atoms with Gasteiger partial charge < -0.3 is 15.4 Å². The number of urea groups is 1. The molecule has 0 aliphatic carbocycles. The second-order valence-electron chi connectivity index (χ2n) is 6.12. The largest absolute Gasteiger partial charge is 0.493 e. The van der Waals surface area contributed by atoms with Crippen LogP contribution in [0.1, 0.15) is 16.7 Å². The molecule has 6 heteroatoms. The van der Waals surface area contributed by atoms with Crippen LogP contribution in [0, 0.1) is 5.82 Å². The Morgan fingerprint density at radius 2 is 2.00 bits per heavy atom. The van der Waals surface area contributed by atoms with Gasteiger partial charge in [0.1, 0.15) is 11.6 Å². The van der Waals surface area contributed by atoms with Crippen molar-refractivity contribution in [3.63, 3.8) is 0 Å². The number of hydrogen-bond donors (Lipinski definition) is 2. The zero-order chi connectivity index (χ0) is 18.2. The first-order chi connectivity index (χ1) is 12.7. The van der Waals surface area contributed by atoms with Gasteiger partial charge in [-0.05, 0) is 35.2 Å². The zero-order valence-electron chi connectivity index (χ0n) is 14.6. The fourth-order valence-corrected chi connectivity index (χ4v) is 3.66. The summed E-state index contributed by atoms with van der Waals surface area (Å²) in [5, 5.41) is 5.69. The summed E-state index contributed by atoms with van der Waals surface area (Å²) in [6.07, 6.45) is 1.75. The van der Waals surface area contributed by atoms with E-state index in [4.69, 9.17) is 4.74 Å². The molecule has 4 nitrogen and oxygen atoms in total. The molecule has 0 radical (unpaired) electrons. The molecule has 3 rings (SSSR count). The van der Waals surface area contributed by atoms with Gasteiger partial charge in [-0.15, -0.1) is 0 Å². The van der Waals surface area contributed by atoms with Gasteiger partial charge in [0.05, 0.1) is 6.61 Å². The molecule has 0 bridgehead atoms. The molecule has 2 amide bonds. The highest BCUT2D eigenvalue weighted by Crippen LogP contribution is 2.25. The molecule has 0 unspecified atom stereocenters. The lowest BCUT2D eigenvalue weighted by Gasteiger charge is -2.08. The van der Waals surface area contributed by atoms with Gasteiger partial charge in [-0.25, -0.2) is 9.18 Å². The Morgan fingerprint density at radius 3 is 2.88 bits per heavy atom. The first kappa shape index (κ1) is 18.6. The van der Waals surface area contributed by atoms with Crippen LogP contribution in [-0.4, -0.2) is 31.5 Å². The van der Waals surface area contributed by atoms with E-state index in [9.17, 15) is 9.18 Å². The van der Waals surface area contributed by atoms with Crippen LogP contribution < -0.4 is 15.4 Å². The third-order valence-corrected chi connectivity index (χ3v) is 5.21. The Morgan fingerprint density at radius 1 is 1.15 bits per heavy atom. The van der Waals surface area contributed by atoms with Gasteiger partial charge >= 0.3 is 6.03 Å². The predicted octanol–water partition coefficient (Wildman–Crippen LogP) is 3.54. The molecule has 2 N–H and O–H groups in total. The number of ether oxygens (including phenoxy) is 1. The molecular weight excluding hydrogens is 351 g/mol. The minimum Gasteiger partial charge on any atom is -0.493 e. The molecule has 0 saturated heterocycles. The number of carbonyl (C=O) groups is 1. The lowest BCUT2D eigenvalue weighted by atomic mass is 10.1. The highest BCUT2D eigenvalue weighted by molar-refractivity contribution is 7.98. The molecule has 1 heterocycles. The predicted molar refractivity (Wildman–Crippen MR) is 103 cm³/mol. The van der Waals surface area contributed by atoms with Crippen molar-refractivity contribution in [2.24, 2.45) is 0 Å². The quantitative estimate of drug-likeness (QED) is 0.695. The number of halogens is 1. The SMILES string of the molecule is O=C(NCCSCc1ccccc1F)NCCc1ccc2c(c1)CCO2. The van der Waals surface area contributed by atoms with Crippen molar-refractivity contribution in [1.29, 1.82) is 0 Å². The average Bonchev–Trinajstić information content (AvgIpc) is 3.11. The number of hydrogen-bond acceptors (Lipinski definition) is 3. The minimum atomic E-state index is -0.177. The molecule has 0 aromatic heterocycles. The molecule has 1 aliphatic heterocycles. The highest BCUT2D eigenvalue weighted by Gasteiger charge is 2.11. The Hall–Kier alpha value is -2.21. The molecular formula is C20H23FN2O2S. The maximum absolute atomic E-state index is 13.5. The van der Waals surface area contributed by atoms with Crippen LogP contribution in [-0.2, 0) is 18.6 Å². The highest BCUT2D eigenvalue weighted by atomic mass is 32.2. The van der Waals surface area contributed by atoms with Gasteiger partial charge in [0.2, 0.25) is 0 Å². The Labute approximate surface area is 157 Å². The van der Waals surface area contributed by atoms with E-state index < -0.39 is 0 Å². The van der Waals surface area contributed by atoms with E-state index in [1.54, 1.807) is 23.9 Å². The van der Waals surface area contributed by atoms with Crippen LogP contribution in [0.5, 0.6) is 5.75 Å². The van der Waals surface area contributed by atoms with Gasteiger partial charge in [-0.2, -0.15) is 11.8 Å². The number of nitrogens with one attached hydrogen (secondary N) is 2. The van der Waals surface area contributed by atoms with Crippen molar-refractivity contribution in [3.05, 3.63) is 65.0 Å². The smallest absolute Gasteiger partial charge is 0.314 e. The summed E-state index contributed by atoms with van der Waals surface area (Å²) in [7, 11) is 0. The van der Waals surface area contributed by atoms with Crippen LogP contribution in [0.15, 0.2) is 42.5 Å².